The Hall–Kier alpha value is -2.21. The Bertz CT molecular complexity index is 806. The third-order valence-corrected chi connectivity index (χ3v) is 5.68. The zero-order valence-electron chi connectivity index (χ0n) is 16.1. The summed E-state index contributed by atoms with van der Waals surface area (Å²) in [4.78, 5) is 21.5. The van der Waals surface area contributed by atoms with Gasteiger partial charge in [-0.2, -0.15) is 0 Å². The first kappa shape index (κ1) is 18.2. The van der Waals surface area contributed by atoms with Gasteiger partial charge in [0.25, 0.3) is 0 Å². The molecule has 4 rings (SSSR count). The number of amides is 1. The molecule has 0 unspecified atom stereocenters. The lowest BCUT2D eigenvalue weighted by molar-refractivity contribution is -0.135. The number of carbonyl (C=O) groups is 1. The summed E-state index contributed by atoms with van der Waals surface area (Å²) in [6.07, 6.45) is 3.85. The van der Waals surface area contributed by atoms with E-state index in [0.29, 0.717) is 24.9 Å². The maximum atomic E-state index is 13.2. The summed E-state index contributed by atoms with van der Waals surface area (Å²) in [5.41, 5.74) is 3.09. The van der Waals surface area contributed by atoms with Crippen LogP contribution in [0.25, 0.3) is 5.69 Å². The SMILES string of the molecule is C[C@H]1C[C@H](C)CN(C(=O)CN2CCc3c(ncn3-c3ccc(F)cc3)C2)C1. The van der Waals surface area contributed by atoms with Crippen molar-refractivity contribution in [2.75, 3.05) is 26.2 Å². The lowest BCUT2D eigenvalue weighted by atomic mass is 9.92. The van der Waals surface area contributed by atoms with Crippen LogP contribution < -0.4 is 0 Å². The molecule has 0 saturated carbocycles. The number of benzene rings is 1. The molecule has 1 aromatic heterocycles. The van der Waals surface area contributed by atoms with Crippen molar-refractivity contribution >= 4 is 5.91 Å². The van der Waals surface area contributed by atoms with E-state index in [1.165, 1.54) is 18.6 Å². The average Bonchev–Trinajstić information content (AvgIpc) is 3.05. The number of nitrogens with zero attached hydrogens (tertiary/aromatic N) is 4. The monoisotopic (exact) mass is 370 g/mol. The van der Waals surface area contributed by atoms with Crippen molar-refractivity contribution in [3.8, 4) is 5.69 Å². The van der Waals surface area contributed by atoms with E-state index in [1.807, 2.05) is 9.47 Å². The topological polar surface area (TPSA) is 41.4 Å². The number of likely N-dealkylation sites (tertiary alicyclic amines) is 1. The first-order valence-electron chi connectivity index (χ1n) is 9.80. The Morgan fingerprint density at radius 3 is 2.59 bits per heavy atom. The van der Waals surface area contributed by atoms with Gasteiger partial charge in [0.05, 0.1) is 18.6 Å². The number of carbonyl (C=O) groups excluding carboxylic acids is 1. The quantitative estimate of drug-likeness (QED) is 0.834. The highest BCUT2D eigenvalue weighted by Gasteiger charge is 2.28. The minimum absolute atomic E-state index is 0.231. The second-order valence-corrected chi connectivity index (χ2v) is 8.19. The van der Waals surface area contributed by atoms with E-state index in [-0.39, 0.29) is 11.7 Å². The van der Waals surface area contributed by atoms with E-state index < -0.39 is 0 Å². The van der Waals surface area contributed by atoms with Crippen molar-refractivity contribution in [1.29, 1.82) is 0 Å². The molecule has 0 spiro atoms. The summed E-state index contributed by atoms with van der Waals surface area (Å²) in [5, 5.41) is 0. The van der Waals surface area contributed by atoms with Gasteiger partial charge in [-0.1, -0.05) is 13.8 Å². The van der Waals surface area contributed by atoms with Gasteiger partial charge in [-0.3, -0.25) is 9.69 Å². The molecular formula is C21H27FN4O. The summed E-state index contributed by atoms with van der Waals surface area (Å²) in [6, 6.07) is 6.48. The van der Waals surface area contributed by atoms with Crippen molar-refractivity contribution in [3.63, 3.8) is 0 Å². The summed E-state index contributed by atoms with van der Waals surface area (Å²) in [5.74, 6) is 1.16. The lowest BCUT2D eigenvalue weighted by Gasteiger charge is -2.36. The molecule has 6 heteroatoms. The van der Waals surface area contributed by atoms with Gasteiger partial charge in [0, 0.05) is 44.0 Å². The highest BCUT2D eigenvalue weighted by molar-refractivity contribution is 5.78. The molecule has 144 valence electrons. The number of piperidine rings is 1. The molecule has 0 aliphatic carbocycles. The minimum atomic E-state index is -0.237. The zero-order valence-corrected chi connectivity index (χ0v) is 16.1. The van der Waals surface area contributed by atoms with Crippen molar-refractivity contribution < 1.29 is 9.18 Å². The molecule has 2 aliphatic rings. The summed E-state index contributed by atoms with van der Waals surface area (Å²) < 4.78 is 15.2. The van der Waals surface area contributed by atoms with Crippen molar-refractivity contribution in [2.45, 2.75) is 33.2 Å². The van der Waals surface area contributed by atoms with Gasteiger partial charge in [-0.05, 0) is 42.5 Å². The van der Waals surface area contributed by atoms with Crippen molar-refractivity contribution in [3.05, 3.63) is 47.8 Å². The normalized spacial score (nSPS) is 23.3. The predicted octanol–water partition coefficient (Wildman–Crippen LogP) is 2.87. The van der Waals surface area contributed by atoms with Gasteiger partial charge in [-0.25, -0.2) is 9.37 Å². The molecule has 2 aromatic rings. The van der Waals surface area contributed by atoms with Crippen molar-refractivity contribution in [1.82, 2.24) is 19.4 Å². The van der Waals surface area contributed by atoms with Gasteiger partial charge in [-0.15, -0.1) is 0 Å². The van der Waals surface area contributed by atoms with Crippen molar-refractivity contribution in [2.24, 2.45) is 11.8 Å². The Morgan fingerprint density at radius 1 is 1.19 bits per heavy atom. The highest BCUT2D eigenvalue weighted by atomic mass is 19.1. The van der Waals surface area contributed by atoms with E-state index in [2.05, 4.69) is 23.7 Å². The molecule has 27 heavy (non-hydrogen) atoms. The fraction of sp³-hybridized carbons (Fsp3) is 0.524. The lowest BCUT2D eigenvalue weighted by Crippen LogP contribution is -2.47. The molecule has 0 N–H and O–H groups in total. The highest BCUT2D eigenvalue weighted by Crippen LogP contribution is 2.23. The Morgan fingerprint density at radius 2 is 1.89 bits per heavy atom. The van der Waals surface area contributed by atoms with E-state index in [4.69, 9.17) is 0 Å². The first-order valence-corrected chi connectivity index (χ1v) is 9.80. The van der Waals surface area contributed by atoms with Gasteiger partial charge in [0.1, 0.15) is 5.82 Å². The number of imidazole rings is 1. The van der Waals surface area contributed by atoms with Crippen LogP contribution in [-0.4, -0.2) is 51.4 Å². The van der Waals surface area contributed by atoms with Gasteiger partial charge < -0.3 is 9.47 Å². The average molecular weight is 370 g/mol. The molecule has 5 nitrogen and oxygen atoms in total. The van der Waals surface area contributed by atoms with Crippen LogP contribution in [0.3, 0.4) is 0 Å². The Labute approximate surface area is 159 Å². The number of aromatic nitrogens is 2. The molecule has 1 aromatic carbocycles. The molecule has 2 aliphatic heterocycles. The molecule has 2 atom stereocenters. The van der Waals surface area contributed by atoms with Crippen LogP contribution in [0.5, 0.6) is 0 Å². The second kappa shape index (κ2) is 7.43. The minimum Gasteiger partial charge on any atom is -0.341 e. The van der Waals surface area contributed by atoms with Crippen LogP contribution in [0.15, 0.2) is 30.6 Å². The van der Waals surface area contributed by atoms with Crippen LogP contribution in [0.1, 0.15) is 31.7 Å². The molecule has 1 amide bonds. The van der Waals surface area contributed by atoms with Gasteiger partial charge in [0.2, 0.25) is 5.91 Å². The molecule has 1 saturated heterocycles. The molecule has 3 heterocycles. The maximum Gasteiger partial charge on any atom is 0.236 e. The van der Waals surface area contributed by atoms with E-state index in [0.717, 1.165) is 43.1 Å². The molecular weight excluding hydrogens is 343 g/mol. The fourth-order valence-corrected chi connectivity index (χ4v) is 4.48. The Balaban J connectivity index is 1.42. The van der Waals surface area contributed by atoms with E-state index in [9.17, 15) is 9.18 Å². The van der Waals surface area contributed by atoms with Crippen LogP contribution >= 0.6 is 0 Å². The van der Waals surface area contributed by atoms with Crippen LogP contribution in [0, 0.1) is 17.7 Å². The number of rotatable bonds is 3. The maximum absolute atomic E-state index is 13.2. The number of hydrogen-bond donors (Lipinski definition) is 0. The smallest absolute Gasteiger partial charge is 0.236 e. The molecule has 1 fully saturated rings. The second-order valence-electron chi connectivity index (χ2n) is 8.19. The molecule has 0 radical (unpaired) electrons. The van der Waals surface area contributed by atoms with Crippen LogP contribution in [-0.2, 0) is 17.8 Å². The van der Waals surface area contributed by atoms with Crippen LogP contribution in [0.4, 0.5) is 4.39 Å². The molecule has 0 bridgehead atoms. The van der Waals surface area contributed by atoms with Crippen LogP contribution in [0.2, 0.25) is 0 Å². The van der Waals surface area contributed by atoms with E-state index >= 15 is 0 Å². The standard InChI is InChI=1S/C21H27FN4O/c1-15-9-16(2)11-25(10-15)21(27)13-24-8-7-20-19(12-24)23-14-26(20)18-5-3-17(22)4-6-18/h3-6,14-16H,7-13H2,1-2H3/t15-,16-/m0/s1. The number of hydrogen-bond acceptors (Lipinski definition) is 3. The summed E-state index contributed by atoms with van der Waals surface area (Å²) in [6.45, 7) is 8.19. The van der Waals surface area contributed by atoms with Gasteiger partial charge >= 0.3 is 0 Å². The van der Waals surface area contributed by atoms with Gasteiger partial charge in [0.15, 0.2) is 0 Å². The zero-order chi connectivity index (χ0) is 19.0. The third-order valence-electron chi connectivity index (χ3n) is 5.68. The Kier molecular flexibility index (Phi) is 5.00. The fourth-order valence-electron chi connectivity index (χ4n) is 4.48. The van der Waals surface area contributed by atoms with E-state index in [1.54, 1.807) is 18.5 Å². The largest absolute Gasteiger partial charge is 0.341 e. The number of halogens is 1. The summed E-state index contributed by atoms with van der Waals surface area (Å²) >= 11 is 0. The third kappa shape index (κ3) is 3.90. The number of fused-ring (bicyclic) bond motifs is 1. The summed E-state index contributed by atoms with van der Waals surface area (Å²) in [7, 11) is 0. The predicted molar refractivity (Wildman–Crippen MR) is 102 cm³/mol. The first-order chi connectivity index (χ1) is 13.0.